The molecule has 6 nitrogen and oxygen atoms in total. The van der Waals surface area contributed by atoms with E-state index in [9.17, 15) is 4.79 Å². The Labute approximate surface area is 148 Å². The third-order valence-electron chi connectivity index (χ3n) is 4.54. The van der Waals surface area contributed by atoms with E-state index < -0.39 is 0 Å². The second-order valence-corrected chi connectivity index (χ2v) is 6.74. The molecule has 134 valence electrons. The van der Waals surface area contributed by atoms with Crippen LogP contribution in [-0.2, 0) is 4.74 Å². The first-order valence-corrected chi connectivity index (χ1v) is 8.59. The van der Waals surface area contributed by atoms with Gasteiger partial charge in [-0.3, -0.25) is 4.79 Å². The summed E-state index contributed by atoms with van der Waals surface area (Å²) in [4.78, 5) is 19.2. The highest BCUT2D eigenvalue weighted by Gasteiger charge is 2.23. The number of anilines is 2. The first-order valence-electron chi connectivity index (χ1n) is 8.59. The molecule has 0 aliphatic carbocycles. The van der Waals surface area contributed by atoms with Crippen LogP contribution in [0.25, 0.3) is 0 Å². The predicted molar refractivity (Wildman–Crippen MR) is 97.3 cm³/mol. The number of aryl methyl sites for hydroxylation is 2. The monoisotopic (exact) mass is 343 g/mol. The summed E-state index contributed by atoms with van der Waals surface area (Å²) in [7, 11) is 0. The van der Waals surface area contributed by atoms with Gasteiger partial charge in [-0.1, -0.05) is 0 Å². The van der Waals surface area contributed by atoms with Gasteiger partial charge in [-0.2, -0.15) is 0 Å². The first kappa shape index (κ1) is 17.5. The van der Waals surface area contributed by atoms with E-state index in [4.69, 9.17) is 9.15 Å². The van der Waals surface area contributed by atoms with Gasteiger partial charge in [0.2, 0.25) is 0 Å². The average molecular weight is 343 g/mol. The van der Waals surface area contributed by atoms with Gasteiger partial charge >= 0.3 is 0 Å². The molecular formula is C19H25N3O3. The Bertz CT molecular complexity index is 757. The summed E-state index contributed by atoms with van der Waals surface area (Å²) < 4.78 is 11.3. The summed E-state index contributed by atoms with van der Waals surface area (Å²) in [6, 6.07) is 3.81. The maximum atomic E-state index is 12.5. The van der Waals surface area contributed by atoms with Crippen LogP contribution >= 0.6 is 0 Å². The van der Waals surface area contributed by atoms with Crippen molar-refractivity contribution < 1.29 is 13.9 Å². The zero-order valence-electron chi connectivity index (χ0n) is 15.4. The van der Waals surface area contributed by atoms with Crippen LogP contribution in [0.3, 0.4) is 0 Å². The Morgan fingerprint density at radius 3 is 2.36 bits per heavy atom. The van der Waals surface area contributed by atoms with Gasteiger partial charge < -0.3 is 19.4 Å². The fourth-order valence-electron chi connectivity index (χ4n) is 3.33. The van der Waals surface area contributed by atoms with Crippen molar-refractivity contribution in [3.05, 3.63) is 41.0 Å². The summed E-state index contributed by atoms with van der Waals surface area (Å²) in [5, 5.41) is 2.90. The number of rotatable bonds is 3. The van der Waals surface area contributed by atoms with Crippen LogP contribution in [-0.4, -0.2) is 36.2 Å². The van der Waals surface area contributed by atoms with Crippen LogP contribution in [0.15, 0.2) is 22.7 Å². The molecule has 0 bridgehead atoms. The Morgan fingerprint density at radius 2 is 1.84 bits per heavy atom. The van der Waals surface area contributed by atoms with E-state index in [1.165, 1.54) is 0 Å². The molecule has 2 atom stereocenters. The quantitative estimate of drug-likeness (QED) is 0.924. The normalized spacial score (nSPS) is 20.6. The number of nitrogens with one attached hydrogen (secondary N) is 1. The van der Waals surface area contributed by atoms with Gasteiger partial charge in [0.05, 0.1) is 29.7 Å². The highest BCUT2D eigenvalue weighted by atomic mass is 16.5. The molecule has 0 radical (unpaired) electrons. The lowest BCUT2D eigenvalue weighted by Gasteiger charge is -2.36. The van der Waals surface area contributed by atoms with E-state index in [-0.39, 0.29) is 18.1 Å². The van der Waals surface area contributed by atoms with Crippen LogP contribution in [0.1, 0.15) is 41.3 Å². The zero-order valence-corrected chi connectivity index (χ0v) is 15.4. The molecule has 1 amide bonds. The third-order valence-corrected chi connectivity index (χ3v) is 4.54. The fourth-order valence-corrected chi connectivity index (χ4v) is 3.33. The molecule has 6 heteroatoms. The SMILES string of the molecule is Cc1oc(C)c(C(=O)Nc2ccc(N3CC(C)OC(C)C3)nc2)c1C. The number of furan rings is 1. The van der Waals surface area contributed by atoms with Crippen molar-refractivity contribution in [2.75, 3.05) is 23.3 Å². The number of amides is 1. The standard InChI is InChI=1S/C19H25N3O3/c1-11-9-22(10-12(2)24-11)17-7-6-16(8-20-17)21-19(23)18-13(3)14(4)25-15(18)5/h6-8,11-12H,9-10H2,1-5H3,(H,21,23). The molecule has 1 aliphatic heterocycles. The largest absolute Gasteiger partial charge is 0.466 e. The summed E-state index contributed by atoms with van der Waals surface area (Å²) in [5.41, 5.74) is 2.13. The third kappa shape index (κ3) is 3.69. The summed E-state index contributed by atoms with van der Waals surface area (Å²) in [6.07, 6.45) is 2.05. The maximum absolute atomic E-state index is 12.5. The minimum atomic E-state index is -0.171. The van der Waals surface area contributed by atoms with Crippen LogP contribution in [0.4, 0.5) is 11.5 Å². The Morgan fingerprint density at radius 1 is 1.16 bits per heavy atom. The van der Waals surface area contributed by atoms with E-state index >= 15 is 0 Å². The topological polar surface area (TPSA) is 67.6 Å². The minimum Gasteiger partial charge on any atom is -0.466 e. The van der Waals surface area contributed by atoms with Crippen LogP contribution in [0.5, 0.6) is 0 Å². The van der Waals surface area contributed by atoms with E-state index in [0.29, 0.717) is 17.0 Å². The van der Waals surface area contributed by atoms with Crippen LogP contribution < -0.4 is 10.2 Å². The summed E-state index contributed by atoms with van der Waals surface area (Å²) in [5.74, 6) is 2.13. The molecule has 1 N–H and O–H groups in total. The van der Waals surface area contributed by atoms with E-state index in [1.807, 2.05) is 26.0 Å². The zero-order chi connectivity index (χ0) is 18.1. The number of aromatic nitrogens is 1. The molecule has 2 aromatic heterocycles. The molecule has 1 fully saturated rings. The molecule has 0 spiro atoms. The number of carbonyl (C=O) groups excluding carboxylic acids is 1. The van der Waals surface area contributed by atoms with E-state index in [2.05, 4.69) is 29.0 Å². The van der Waals surface area contributed by atoms with Crippen molar-refractivity contribution in [3.8, 4) is 0 Å². The lowest BCUT2D eigenvalue weighted by molar-refractivity contribution is -0.00545. The minimum absolute atomic E-state index is 0.171. The Hall–Kier alpha value is -2.34. The van der Waals surface area contributed by atoms with Crippen molar-refractivity contribution in [1.29, 1.82) is 0 Å². The van der Waals surface area contributed by atoms with Gasteiger partial charge in [0.25, 0.3) is 5.91 Å². The molecular weight excluding hydrogens is 318 g/mol. The molecule has 3 rings (SSSR count). The van der Waals surface area contributed by atoms with Crippen molar-refractivity contribution in [3.63, 3.8) is 0 Å². The lowest BCUT2D eigenvalue weighted by Crippen LogP contribution is -2.45. The number of carbonyl (C=O) groups is 1. The van der Waals surface area contributed by atoms with Gasteiger partial charge in [-0.05, 0) is 46.8 Å². The fraction of sp³-hybridized carbons (Fsp3) is 0.474. The smallest absolute Gasteiger partial charge is 0.259 e. The van der Waals surface area contributed by atoms with Gasteiger partial charge in [0, 0.05) is 18.7 Å². The number of hydrogen-bond acceptors (Lipinski definition) is 5. The average Bonchev–Trinajstić information content (AvgIpc) is 2.79. The molecule has 3 heterocycles. The molecule has 0 aromatic carbocycles. The van der Waals surface area contributed by atoms with Crippen molar-refractivity contribution in [1.82, 2.24) is 4.98 Å². The number of hydrogen-bond donors (Lipinski definition) is 1. The molecule has 0 saturated carbocycles. The second kappa shape index (κ2) is 6.88. The Balaban J connectivity index is 1.71. The molecule has 1 saturated heterocycles. The maximum Gasteiger partial charge on any atom is 0.259 e. The van der Waals surface area contributed by atoms with Crippen molar-refractivity contribution in [2.45, 2.75) is 46.8 Å². The predicted octanol–water partition coefficient (Wildman–Crippen LogP) is 3.47. The second-order valence-electron chi connectivity index (χ2n) is 6.74. The summed E-state index contributed by atoms with van der Waals surface area (Å²) >= 11 is 0. The van der Waals surface area contributed by atoms with Crippen LogP contribution in [0, 0.1) is 20.8 Å². The van der Waals surface area contributed by atoms with E-state index in [0.717, 1.165) is 30.2 Å². The number of morpholine rings is 1. The number of nitrogens with zero attached hydrogens (tertiary/aromatic N) is 2. The van der Waals surface area contributed by atoms with Gasteiger partial charge in [-0.25, -0.2) is 4.98 Å². The highest BCUT2D eigenvalue weighted by molar-refractivity contribution is 6.06. The van der Waals surface area contributed by atoms with Crippen molar-refractivity contribution in [2.24, 2.45) is 0 Å². The van der Waals surface area contributed by atoms with Crippen molar-refractivity contribution >= 4 is 17.4 Å². The molecule has 1 aliphatic rings. The highest BCUT2D eigenvalue weighted by Crippen LogP contribution is 2.23. The van der Waals surface area contributed by atoms with Gasteiger partial charge in [0.15, 0.2) is 0 Å². The van der Waals surface area contributed by atoms with Crippen LogP contribution in [0.2, 0.25) is 0 Å². The van der Waals surface area contributed by atoms with E-state index in [1.54, 1.807) is 13.1 Å². The lowest BCUT2D eigenvalue weighted by atomic mass is 10.1. The molecule has 25 heavy (non-hydrogen) atoms. The van der Waals surface area contributed by atoms with Gasteiger partial charge in [-0.15, -0.1) is 0 Å². The van der Waals surface area contributed by atoms with Gasteiger partial charge in [0.1, 0.15) is 17.3 Å². The molecule has 2 aromatic rings. The number of pyridine rings is 1. The summed E-state index contributed by atoms with van der Waals surface area (Å²) in [6.45, 7) is 11.3. The number of ether oxygens (including phenoxy) is 1. The Kier molecular flexibility index (Phi) is 4.81. The first-order chi connectivity index (χ1) is 11.8. The molecule has 2 unspecified atom stereocenters.